The Bertz CT molecular complexity index is 897. The van der Waals surface area contributed by atoms with Gasteiger partial charge in [0.25, 0.3) is 0 Å². The molecule has 8 heteroatoms. The molecular weight excluding hydrogens is 354 g/mol. The van der Waals surface area contributed by atoms with Gasteiger partial charge >= 0.3 is 0 Å². The van der Waals surface area contributed by atoms with Gasteiger partial charge < -0.3 is 9.47 Å². The number of aromatic nitrogens is 3. The summed E-state index contributed by atoms with van der Waals surface area (Å²) in [4.78, 5) is 36.9. The standard InChI is InChI=1S/C18H20ClN5O2/c1-22-10-14(3-4-16(22)25)24-12-18(17(24)26)5-2-6-23(11-18)9-13-7-21-15(19)8-20-13/h3-4,7-8,10H,2,5-6,9,11-12H2,1H3. The van der Waals surface area contributed by atoms with E-state index in [1.54, 1.807) is 36.6 Å². The number of halogens is 1. The predicted octanol–water partition coefficient (Wildman–Crippen LogP) is 1.46. The summed E-state index contributed by atoms with van der Waals surface area (Å²) in [5.41, 5.74) is 1.23. The first-order valence-electron chi connectivity index (χ1n) is 8.64. The Kier molecular flexibility index (Phi) is 4.28. The fraction of sp³-hybridized carbons (Fsp3) is 0.444. The van der Waals surface area contributed by atoms with Gasteiger partial charge in [-0.05, 0) is 25.5 Å². The number of amides is 1. The summed E-state index contributed by atoms with van der Waals surface area (Å²) < 4.78 is 1.50. The second-order valence-corrected chi connectivity index (χ2v) is 7.54. The number of hydrogen-bond acceptors (Lipinski definition) is 5. The molecule has 1 atom stereocenters. The number of carbonyl (C=O) groups is 1. The third-order valence-electron chi connectivity index (χ3n) is 5.26. The van der Waals surface area contributed by atoms with Gasteiger partial charge in [-0.25, -0.2) is 4.98 Å². The van der Waals surface area contributed by atoms with Gasteiger partial charge in [-0.1, -0.05) is 11.6 Å². The second kappa shape index (κ2) is 6.48. The van der Waals surface area contributed by atoms with Gasteiger partial charge in [-0.3, -0.25) is 19.5 Å². The van der Waals surface area contributed by atoms with Crippen LogP contribution in [0.2, 0.25) is 5.15 Å². The maximum absolute atomic E-state index is 12.9. The molecule has 4 heterocycles. The van der Waals surface area contributed by atoms with Gasteiger partial charge in [0, 0.05) is 38.9 Å². The Morgan fingerprint density at radius 1 is 1.19 bits per heavy atom. The summed E-state index contributed by atoms with van der Waals surface area (Å²) in [6.07, 6.45) is 6.83. The highest BCUT2D eigenvalue weighted by molar-refractivity contribution is 6.29. The molecule has 0 bridgehead atoms. The van der Waals surface area contributed by atoms with Crippen LogP contribution in [-0.4, -0.2) is 45.0 Å². The lowest BCUT2D eigenvalue weighted by Crippen LogP contribution is -2.67. The number of hydrogen-bond donors (Lipinski definition) is 0. The highest BCUT2D eigenvalue weighted by Gasteiger charge is 2.54. The summed E-state index contributed by atoms with van der Waals surface area (Å²) in [6.45, 7) is 3.02. The van der Waals surface area contributed by atoms with Crippen LogP contribution in [0.25, 0.3) is 0 Å². The fourth-order valence-corrected chi connectivity index (χ4v) is 4.00. The Morgan fingerprint density at radius 3 is 2.73 bits per heavy atom. The third kappa shape index (κ3) is 3.01. The molecule has 7 nitrogen and oxygen atoms in total. The monoisotopic (exact) mass is 373 g/mol. The molecule has 2 aliphatic heterocycles. The van der Waals surface area contributed by atoms with E-state index < -0.39 is 0 Å². The van der Waals surface area contributed by atoms with Crippen molar-refractivity contribution in [1.82, 2.24) is 19.4 Å². The van der Waals surface area contributed by atoms with E-state index >= 15 is 0 Å². The Balaban J connectivity index is 1.46. The lowest BCUT2D eigenvalue weighted by molar-refractivity contribution is -0.139. The van der Waals surface area contributed by atoms with Crippen LogP contribution in [0.1, 0.15) is 18.5 Å². The van der Waals surface area contributed by atoms with E-state index in [0.717, 1.165) is 37.3 Å². The zero-order valence-corrected chi connectivity index (χ0v) is 15.3. The van der Waals surface area contributed by atoms with Crippen LogP contribution < -0.4 is 10.5 Å². The Morgan fingerprint density at radius 2 is 2.04 bits per heavy atom. The number of pyridine rings is 1. The van der Waals surface area contributed by atoms with Crippen molar-refractivity contribution >= 4 is 23.2 Å². The molecule has 0 aromatic carbocycles. The SMILES string of the molecule is Cn1cc(N2CC3(CCCN(Cc4cnc(Cl)cn4)C3)C2=O)ccc1=O. The van der Waals surface area contributed by atoms with Crippen LogP contribution >= 0.6 is 11.6 Å². The quantitative estimate of drug-likeness (QED) is 0.762. The third-order valence-corrected chi connectivity index (χ3v) is 5.45. The number of nitrogens with zero attached hydrogens (tertiary/aromatic N) is 5. The first kappa shape index (κ1) is 17.2. The largest absolute Gasteiger partial charge is 0.317 e. The number of likely N-dealkylation sites (tertiary alicyclic amines) is 1. The van der Waals surface area contributed by atoms with Crippen molar-refractivity contribution in [3.05, 3.63) is 51.9 Å². The second-order valence-electron chi connectivity index (χ2n) is 7.15. The molecule has 2 aromatic heterocycles. The Labute approximate surface area is 156 Å². The molecule has 136 valence electrons. The maximum atomic E-state index is 12.9. The smallest absolute Gasteiger partial charge is 0.250 e. The molecule has 1 unspecified atom stereocenters. The molecule has 0 aliphatic carbocycles. The van der Waals surface area contributed by atoms with E-state index in [-0.39, 0.29) is 16.9 Å². The minimum atomic E-state index is -0.327. The summed E-state index contributed by atoms with van der Waals surface area (Å²) in [5.74, 6) is 0.142. The zero-order chi connectivity index (χ0) is 18.3. The molecule has 1 amide bonds. The number of aryl methyl sites for hydroxylation is 1. The van der Waals surface area contributed by atoms with E-state index in [1.165, 1.54) is 10.6 Å². The van der Waals surface area contributed by atoms with Crippen molar-refractivity contribution in [2.24, 2.45) is 12.5 Å². The van der Waals surface area contributed by atoms with Gasteiger partial charge in [0.05, 0.1) is 29.2 Å². The molecule has 0 N–H and O–H groups in total. The number of β-lactam (4-membered cyclic amide) rings is 1. The molecular formula is C18H20ClN5O2. The fourth-order valence-electron chi connectivity index (χ4n) is 3.90. The summed E-state index contributed by atoms with van der Waals surface area (Å²) in [6, 6.07) is 3.22. The topological polar surface area (TPSA) is 71.3 Å². The van der Waals surface area contributed by atoms with Crippen molar-refractivity contribution in [2.45, 2.75) is 19.4 Å². The number of anilines is 1. The van der Waals surface area contributed by atoms with Gasteiger partial charge in [0.15, 0.2) is 0 Å². The molecule has 4 rings (SSSR count). The van der Waals surface area contributed by atoms with Crippen molar-refractivity contribution in [3.63, 3.8) is 0 Å². The van der Waals surface area contributed by atoms with Crippen molar-refractivity contribution in [3.8, 4) is 0 Å². The van der Waals surface area contributed by atoms with Gasteiger partial charge in [-0.15, -0.1) is 0 Å². The molecule has 2 aliphatic rings. The van der Waals surface area contributed by atoms with Crippen molar-refractivity contribution in [2.75, 3.05) is 24.5 Å². The average molecular weight is 374 g/mol. The molecule has 2 fully saturated rings. The summed E-state index contributed by atoms with van der Waals surface area (Å²) >= 11 is 5.79. The summed E-state index contributed by atoms with van der Waals surface area (Å²) in [7, 11) is 1.70. The summed E-state index contributed by atoms with van der Waals surface area (Å²) in [5, 5.41) is 0.380. The van der Waals surface area contributed by atoms with Crippen LogP contribution in [-0.2, 0) is 18.4 Å². The first-order valence-corrected chi connectivity index (χ1v) is 9.02. The van der Waals surface area contributed by atoms with Crippen LogP contribution in [0.3, 0.4) is 0 Å². The molecule has 0 saturated carbocycles. The van der Waals surface area contributed by atoms with Crippen molar-refractivity contribution < 1.29 is 4.79 Å². The Hall–Kier alpha value is -2.25. The van der Waals surface area contributed by atoms with Gasteiger partial charge in [0.2, 0.25) is 11.5 Å². The van der Waals surface area contributed by atoms with E-state index in [2.05, 4.69) is 14.9 Å². The number of rotatable bonds is 3. The van der Waals surface area contributed by atoms with E-state index in [4.69, 9.17) is 11.6 Å². The van der Waals surface area contributed by atoms with Crippen LogP contribution in [0.4, 0.5) is 5.69 Å². The predicted molar refractivity (Wildman–Crippen MR) is 98.0 cm³/mol. The molecule has 0 radical (unpaired) electrons. The molecule has 26 heavy (non-hydrogen) atoms. The lowest BCUT2D eigenvalue weighted by Gasteiger charge is -2.53. The minimum absolute atomic E-state index is 0.0793. The van der Waals surface area contributed by atoms with Gasteiger partial charge in [-0.2, -0.15) is 0 Å². The number of carbonyl (C=O) groups excluding carboxylic acids is 1. The first-order chi connectivity index (χ1) is 12.5. The molecule has 1 spiro atoms. The maximum Gasteiger partial charge on any atom is 0.250 e. The molecule has 2 saturated heterocycles. The zero-order valence-electron chi connectivity index (χ0n) is 14.6. The van der Waals surface area contributed by atoms with Crippen molar-refractivity contribution in [1.29, 1.82) is 0 Å². The van der Waals surface area contributed by atoms with Crippen LogP contribution in [0, 0.1) is 5.41 Å². The lowest BCUT2D eigenvalue weighted by atomic mass is 9.72. The normalized spacial score (nSPS) is 23.3. The van der Waals surface area contributed by atoms with Crippen LogP contribution in [0.5, 0.6) is 0 Å². The van der Waals surface area contributed by atoms with Gasteiger partial charge in [0.1, 0.15) is 5.15 Å². The molecule has 2 aromatic rings. The van der Waals surface area contributed by atoms with E-state index in [1.807, 2.05) is 0 Å². The minimum Gasteiger partial charge on any atom is -0.317 e. The highest BCUT2D eigenvalue weighted by Crippen LogP contribution is 2.42. The van der Waals surface area contributed by atoms with Crippen LogP contribution in [0.15, 0.2) is 35.5 Å². The average Bonchev–Trinajstić information content (AvgIpc) is 2.64. The highest BCUT2D eigenvalue weighted by atomic mass is 35.5. The van der Waals surface area contributed by atoms with E-state index in [0.29, 0.717) is 18.2 Å². The van der Waals surface area contributed by atoms with E-state index in [9.17, 15) is 9.59 Å². The number of piperidine rings is 1.